The molecule has 7 heteroatoms. The molecule has 0 saturated carbocycles. The van der Waals surface area contributed by atoms with Crippen molar-refractivity contribution < 1.29 is 24.9 Å². The van der Waals surface area contributed by atoms with Gasteiger partial charge in [-0.2, -0.15) is 0 Å². The quantitative estimate of drug-likeness (QED) is 0.405. The number of hydrogen-bond donors (Lipinski definition) is 4. The summed E-state index contributed by atoms with van der Waals surface area (Å²) in [6, 6.07) is 10.8. The minimum Gasteiger partial charge on any atom is -0.507 e. The monoisotopic (exact) mass is 369 g/mol. The van der Waals surface area contributed by atoms with Crippen molar-refractivity contribution in [1.29, 1.82) is 0 Å². The summed E-state index contributed by atoms with van der Waals surface area (Å²) < 4.78 is 4.99. The number of aromatic hydroxyl groups is 3. The van der Waals surface area contributed by atoms with E-state index >= 15 is 0 Å². The second kappa shape index (κ2) is 7.41. The normalized spacial score (nSPS) is 12.0. The Balaban J connectivity index is 2.21. The van der Waals surface area contributed by atoms with Crippen LogP contribution in [-0.2, 0) is 9.53 Å². The molecule has 3 rings (SSSR count). The van der Waals surface area contributed by atoms with Crippen LogP contribution in [0.15, 0.2) is 47.3 Å². The van der Waals surface area contributed by atoms with Gasteiger partial charge in [-0.3, -0.25) is 9.59 Å². The van der Waals surface area contributed by atoms with Crippen molar-refractivity contribution in [2.24, 2.45) is 0 Å². The van der Waals surface area contributed by atoms with Crippen molar-refractivity contribution in [3.8, 4) is 17.2 Å². The van der Waals surface area contributed by atoms with Crippen LogP contribution in [0.2, 0.25) is 0 Å². The van der Waals surface area contributed by atoms with Crippen LogP contribution in [0, 0.1) is 0 Å². The van der Waals surface area contributed by atoms with Gasteiger partial charge < -0.3 is 25.0 Å². The van der Waals surface area contributed by atoms with Gasteiger partial charge in [0.05, 0.1) is 24.1 Å². The number of esters is 1. The van der Waals surface area contributed by atoms with Crippen molar-refractivity contribution in [3.05, 3.63) is 63.9 Å². The molecule has 1 atom stereocenters. The number of pyridine rings is 1. The Kier molecular flexibility index (Phi) is 5.03. The van der Waals surface area contributed by atoms with Crippen molar-refractivity contribution in [3.63, 3.8) is 0 Å². The standard InChI is InChI=1S/C20H19NO6/c1-2-27-17(24)10-13(11-7-8-15(22)16(23)9-11)18-19(25)12-5-3-4-6-14(12)21-20(18)26/h3-9,13,22-23H,2,10H2,1H3,(H2,21,25,26). The number of aromatic amines is 1. The van der Waals surface area contributed by atoms with E-state index in [1.165, 1.54) is 18.2 Å². The molecule has 27 heavy (non-hydrogen) atoms. The van der Waals surface area contributed by atoms with Gasteiger partial charge in [-0.1, -0.05) is 18.2 Å². The van der Waals surface area contributed by atoms with E-state index < -0.39 is 23.2 Å². The SMILES string of the molecule is CCOC(=O)CC(c1ccc(O)c(O)c1)c1c(O)c2ccccc2[nH]c1=O. The number of aromatic nitrogens is 1. The molecule has 2 aromatic carbocycles. The van der Waals surface area contributed by atoms with Gasteiger partial charge in [-0.05, 0) is 36.8 Å². The minimum atomic E-state index is -0.871. The van der Waals surface area contributed by atoms with Crippen LogP contribution in [-0.4, -0.2) is 32.9 Å². The second-order valence-electron chi connectivity index (χ2n) is 6.07. The Bertz CT molecular complexity index is 1060. The molecular weight excluding hydrogens is 350 g/mol. The summed E-state index contributed by atoms with van der Waals surface area (Å²) in [5, 5.41) is 30.6. The molecule has 0 aliphatic rings. The summed E-state index contributed by atoms with van der Waals surface area (Å²) in [7, 11) is 0. The number of H-pyrrole nitrogens is 1. The van der Waals surface area contributed by atoms with E-state index in [1.54, 1.807) is 31.2 Å². The molecule has 0 saturated heterocycles. The van der Waals surface area contributed by atoms with Crippen molar-refractivity contribution in [2.45, 2.75) is 19.3 Å². The predicted molar refractivity (Wildman–Crippen MR) is 99.1 cm³/mol. The number of carbonyl (C=O) groups is 1. The number of phenolic OH excluding ortho intramolecular Hbond substituents is 2. The van der Waals surface area contributed by atoms with Gasteiger partial charge in [-0.25, -0.2) is 0 Å². The average Bonchev–Trinajstić information content (AvgIpc) is 2.63. The Hall–Kier alpha value is -3.48. The van der Waals surface area contributed by atoms with Gasteiger partial charge in [0.2, 0.25) is 0 Å². The van der Waals surface area contributed by atoms with E-state index in [0.717, 1.165) is 0 Å². The summed E-state index contributed by atoms with van der Waals surface area (Å²) >= 11 is 0. The topological polar surface area (TPSA) is 120 Å². The number of para-hydroxylation sites is 1. The van der Waals surface area contributed by atoms with Gasteiger partial charge in [0, 0.05) is 11.3 Å². The number of fused-ring (bicyclic) bond motifs is 1. The maximum absolute atomic E-state index is 12.7. The molecule has 7 nitrogen and oxygen atoms in total. The van der Waals surface area contributed by atoms with E-state index in [2.05, 4.69) is 4.98 Å². The van der Waals surface area contributed by atoms with Crippen LogP contribution in [0.5, 0.6) is 17.2 Å². The van der Waals surface area contributed by atoms with E-state index in [0.29, 0.717) is 16.5 Å². The van der Waals surface area contributed by atoms with Gasteiger partial charge in [-0.15, -0.1) is 0 Å². The first kappa shape index (κ1) is 18.3. The predicted octanol–water partition coefficient (Wildman–Crippen LogP) is 2.73. The smallest absolute Gasteiger partial charge is 0.306 e. The molecule has 4 N–H and O–H groups in total. The lowest BCUT2D eigenvalue weighted by atomic mass is 9.87. The summed E-state index contributed by atoms with van der Waals surface area (Å²) in [5.41, 5.74) is 0.293. The Morgan fingerprint density at radius 2 is 1.85 bits per heavy atom. The van der Waals surface area contributed by atoms with Gasteiger partial charge in [0.25, 0.3) is 5.56 Å². The van der Waals surface area contributed by atoms with Crippen LogP contribution in [0.3, 0.4) is 0 Å². The van der Waals surface area contributed by atoms with Gasteiger partial charge >= 0.3 is 5.97 Å². The lowest BCUT2D eigenvalue weighted by Crippen LogP contribution is -2.20. The fourth-order valence-electron chi connectivity index (χ4n) is 3.09. The molecule has 140 valence electrons. The second-order valence-corrected chi connectivity index (χ2v) is 6.07. The molecule has 0 aliphatic carbocycles. The number of benzene rings is 2. The zero-order valence-corrected chi connectivity index (χ0v) is 14.6. The number of rotatable bonds is 5. The highest BCUT2D eigenvalue weighted by atomic mass is 16.5. The van der Waals surface area contributed by atoms with Crippen LogP contribution in [0.25, 0.3) is 10.9 Å². The lowest BCUT2D eigenvalue weighted by molar-refractivity contribution is -0.143. The van der Waals surface area contributed by atoms with Gasteiger partial charge in [0.15, 0.2) is 11.5 Å². The van der Waals surface area contributed by atoms with E-state index in [-0.39, 0.29) is 30.1 Å². The van der Waals surface area contributed by atoms with Crippen LogP contribution in [0.4, 0.5) is 0 Å². The number of carbonyl (C=O) groups excluding carboxylic acids is 1. The van der Waals surface area contributed by atoms with Crippen LogP contribution in [0.1, 0.15) is 30.4 Å². The zero-order chi connectivity index (χ0) is 19.6. The number of hydrogen-bond acceptors (Lipinski definition) is 6. The third kappa shape index (κ3) is 3.57. The molecule has 1 heterocycles. The van der Waals surface area contributed by atoms with Gasteiger partial charge in [0.1, 0.15) is 5.75 Å². The maximum Gasteiger partial charge on any atom is 0.306 e. The third-order valence-corrected chi connectivity index (χ3v) is 4.36. The Labute approximate surface area is 154 Å². The van der Waals surface area contributed by atoms with Crippen LogP contribution < -0.4 is 5.56 Å². The minimum absolute atomic E-state index is 0.00755. The number of ether oxygens (including phenoxy) is 1. The van der Waals surface area contributed by atoms with E-state index in [1.807, 2.05) is 0 Å². The molecular formula is C20H19NO6. The maximum atomic E-state index is 12.7. The van der Waals surface area contributed by atoms with Crippen molar-refractivity contribution in [2.75, 3.05) is 6.61 Å². The fourth-order valence-corrected chi connectivity index (χ4v) is 3.09. The van der Waals surface area contributed by atoms with Crippen molar-refractivity contribution in [1.82, 2.24) is 4.98 Å². The molecule has 0 amide bonds. The molecule has 0 bridgehead atoms. The third-order valence-electron chi connectivity index (χ3n) is 4.36. The molecule has 1 unspecified atom stereocenters. The highest BCUT2D eigenvalue weighted by Gasteiger charge is 2.27. The molecule has 3 aromatic rings. The fraction of sp³-hybridized carbons (Fsp3) is 0.200. The average molecular weight is 369 g/mol. The molecule has 0 spiro atoms. The highest BCUT2D eigenvalue weighted by molar-refractivity contribution is 5.86. The van der Waals surface area contributed by atoms with E-state index in [9.17, 15) is 24.9 Å². The summed E-state index contributed by atoms with van der Waals surface area (Å²) in [5.74, 6) is -2.38. The molecule has 0 fully saturated rings. The van der Waals surface area contributed by atoms with Crippen molar-refractivity contribution >= 4 is 16.9 Å². The van der Waals surface area contributed by atoms with Crippen LogP contribution >= 0.6 is 0 Å². The number of phenols is 2. The first-order chi connectivity index (χ1) is 12.9. The largest absolute Gasteiger partial charge is 0.507 e. The Morgan fingerprint density at radius 1 is 1.11 bits per heavy atom. The first-order valence-electron chi connectivity index (χ1n) is 8.43. The molecule has 1 aromatic heterocycles. The summed E-state index contributed by atoms with van der Waals surface area (Å²) in [4.78, 5) is 27.5. The molecule has 0 aliphatic heterocycles. The number of nitrogens with one attached hydrogen (secondary N) is 1. The molecule has 0 radical (unpaired) electrons. The Morgan fingerprint density at radius 3 is 2.56 bits per heavy atom. The first-order valence-corrected chi connectivity index (χ1v) is 8.43. The van der Waals surface area contributed by atoms with E-state index in [4.69, 9.17) is 4.74 Å². The summed E-state index contributed by atoms with van der Waals surface area (Å²) in [6.45, 7) is 1.84. The highest BCUT2D eigenvalue weighted by Crippen LogP contribution is 2.38. The summed E-state index contributed by atoms with van der Waals surface area (Å²) in [6.07, 6.45) is -0.215. The lowest BCUT2D eigenvalue weighted by Gasteiger charge is -2.19. The zero-order valence-electron chi connectivity index (χ0n) is 14.6.